The van der Waals surface area contributed by atoms with Gasteiger partial charge in [0.2, 0.25) is 5.91 Å². The second-order valence-corrected chi connectivity index (χ2v) is 3.90. The first-order valence-corrected chi connectivity index (χ1v) is 5.13. The predicted octanol–water partition coefficient (Wildman–Crippen LogP) is 2.08. The molecule has 0 bridgehead atoms. The van der Waals surface area contributed by atoms with Gasteiger partial charge in [0.05, 0.1) is 5.92 Å². The zero-order valence-electron chi connectivity index (χ0n) is 8.20. The minimum absolute atomic E-state index is 0.0464. The van der Waals surface area contributed by atoms with Crippen LogP contribution in [0.25, 0.3) is 0 Å². The summed E-state index contributed by atoms with van der Waals surface area (Å²) in [6, 6.07) is 0. The molecule has 2 nitrogen and oxygen atoms in total. The lowest BCUT2D eigenvalue weighted by atomic mass is 9.81. The van der Waals surface area contributed by atoms with Crippen LogP contribution in [-0.2, 0) is 4.79 Å². The Labute approximate surface area is 84.2 Å². The number of carbonyl (C=O) groups is 1. The van der Waals surface area contributed by atoms with Crippen LogP contribution in [0, 0.1) is 5.92 Å². The maximum Gasteiger partial charge on any atom is 0.224 e. The van der Waals surface area contributed by atoms with Crippen molar-refractivity contribution in [3.8, 4) is 0 Å². The first-order valence-electron chi connectivity index (χ1n) is 5.13. The Kier molecular flexibility index (Phi) is 2.53. The fraction of sp³-hybridized carbons (Fsp3) is 0.417. The summed E-state index contributed by atoms with van der Waals surface area (Å²) < 4.78 is 0. The zero-order valence-corrected chi connectivity index (χ0v) is 8.20. The number of rotatable bonds is 1. The topological polar surface area (TPSA) is 43.1 Å². The molecular formula is C12H15NO. The van der Waals surface area contributed by atoms with E-state index in [-0.39, 0.29) is 11.8 Å². The molecule has 2 aliphatic rings. The number of primary amides is 1. The highest BCUT2D eigenvalue weighted by molar-refractivity contribution is 5.81. The van der Waals surface area contributed by atoms with Crippen LogP contribution in [0.2, 0.25) is 0 Å². The quantitative estimate of drug-likeness (QED) is 0.674. The highest BCUT2D eigenvalue weighted by Gasteiger charge is 2.25. The van der Waals surface area contributed by atoms with Gasteiger partial charge in [0.25, 0.3) is 0 Å². The van der Waals surface area contributed by atoms with E-state index in [1.165, 1.54) is 11.1 Å². The van der Waals surface area contributed by atoms with Crippen LogP contribution in [0.15, 0.2) is 35.5 Å². The van der Waals surface area contributed by atoms with Crippen LogP contribution in [0.5, 0.6) is 0 Å². The molecule has 0 aromatic carbocycles. The van der Waals surface area contributed by atoms with Crippen LogP contribution in [0.1, 0.15) is 25.7 Å². The van der Waals surface area contributed by atoms with Crippen molar-refractivity contribution in [2.24, 2.45) is 11.7 Å². The Hall–Kier alpha value is -1.31. The lowest BCUT2D eigenvalue weighted by molar-refractivity contribution is -0.120. The van der Waals surface area contributed by atoms with Crippen molar-refractivity contribution in [1.82, 2.24) is 0 Å². The van der Waals surface area contributed by atoms with Gasteiger partial charge in [0, 0.05) is 0 Å². The maximum absolute atomic E-state index is 11.3. The molecule has 2 aliphatic carbocycles. The monoisotopic (exact) mass is 189 g/mol. The minimum atomic E-state index is -0.177. The molecule has 0 spiro atoms. The van der Waals surface area contributed by atoms with Crippen molar-refractivity contribution < 1.29 is 4.79 Å². The summed E-state index contributed by atoms with van der Waals surface area (Å²) in [5, 5.41) is 0. The summed E-state index contributed by atoms with van der Waals surface area (Å²) >= 11 is 0. The molecule has 1 amide bonds. The number of allylic oxidation sites excluding steroid dienone is 5. The maximum atomic E-state index is 11.3. The van der Waals surface area contributed by atoms with Gasteiger partial charge in [-0.2, -0.15) is 0 Å². The van der Waals surface area contributed by atoms with E-state index < -0.39 is 0 Å². The molecule has 0 aromatic rings. The Balaban J connectivity index is 2.35. The molecule has 2 heteroatoms. The van der Waals surface area contributed by atoms with Crippen LogP contribution >= 0.6 is 0 Å². The molecule has 14 heavy (non-hydrogen) atoms. The second-order valence-electron chi connectivity index (χ2n) is 3.90. The van der Waals surface area contributed by atoms with Gasteiger partial charge in [0.15, 0.2) is 0 Å². The van der Waals surface area contributed by atoms with Gasteiger partial charge in [-0.05, 0) is 31.3 Å². The van der Waals surface area contributed by atoms with Crippen LogP contribution < -0.4 is 5.73 Å². The molecule has 1 atom stereocenters. The van der Waals surface area contributed by atoms with Crippen molar-refractivity contribution in [3.63, 3.8) is 0 Å². The molecule has 1 unspecified atom stereocenters. The Morgan fingerprint density at radius 1 is 1.43 bits per heavy atom. The number of nitrogens with two attached hydrogens (primary N) is 1. The van der Waals surface area contributed by atoms with Gasteiger partial charge in [-0.1, -0.05) is 29.9 Å². The fourth-order valence-electron chi connectivity index (χ4n) is 2.26. The summed E-state index contributed by atoms with van der Waals surface area (Å²) in [6.45, 7) is 0. The third kappa shape index (κ3) is 1.65. The molecule has 0 aliphatic heterocycles. The van der Waals surface area contributed by atoms with Crippen molar-refractivity contribution in [2.75, 3.05) is 0 Å². The molecule has 0 aromatic heterocycles. The molecule has 0 fully saturated rings. The highest BCUT2D eigenvalue weighted by atomic mass is 16.1. The van der Waals surface area contributed by atoms with Crippen LogP contribution in [0.4, 0.5) is 0 Å². The molecule has 0 heterocycles. The molecule has 0 saturated heterocycles. The number of amides is 1. The van der Waals surface area contributed by atoms with Crippen LogP contribution in [0.3, 0.4) is 0 Å². The summed E-state index contributed by atoms with van der Waals surface area (Å²) in [7, 11) is 0. The highest BCUT2D eigenvalue weighted by Crippen LogP contribution is 2.33. The SMILES string of the molecule is NC(=O)C1CCCC2=C1C=CC=CC2. The third-order valence-electron chi connectivity index (χ3n) is 2.99. The smallest absolute Gasteiger partial charge is 0.224 e. The van der Waals surface area contributed by atoms with Gasteiger partial charge in [-0.15, -0.1) is 0 Å². The summed E-state index contributed by atoms with van der Waals surface area (Å²) in [4.78, 5) is 11.3. The minimum Gasteiger partial charge on any atom is -0.369 e. The fourth-order valence-corrected chi connectivity index (χ4v) is 2.26. The standard InChI is InChI=1S/C12H15NO/c13-12(14)11-8-4-6-9-5-2-1-3-7-10(9)11/h1-3,7,11H,4-6,8H2,(H2,13,14). The third-order valence-corrected chi connectivity index (χ3v) is 2.99. The molecule has 0 saturated carbocycles. The van der Waals surface area contributed by atoms with Crippen molar-refractivity contribution >= 4 is 5.91 Å². The van der Waals surface area contributed by atoms with Gasteiger partial charge in [0.1, 0.15) is 0 Å². The number of hydrogen-bond acceptors (Lipinski definition) is 1. The average molecular weight is 189 g/mol. The van der Waals surface area contributed by atoms with E-state index >= 15 is 0 Å². The Morgan fingerprint density at radius 3 is 3.07 bits per heavy atom. The van der Waals surface area contributed by atoms with Crippen molar-refractivity contribution in [1.29, 1.82) is 0 Å². The van der Waals surface area contributed by atoms with E-state index in [9.17, 15) is 4.79 Å². The van der Waals surface area contributed by atoms with E-state index in [0.717, 1.165) is 25.7 Å². The molecular weight excluding hydrogens is 174 g/mol. The van der Waals surface area contributed by atoms with E-state index in [1.807, 2.05) is 18.2 Å². The average Bonchev–Trinajstić information content (AvgIpc) is 2.41. The molecule has 0 radical (unpaired) electrons. The normalized spacial score (nSPS) is 25.9. The molecule has 2 rings (SSSR count). The lowest BCUT2D eigenvalue weighted by Gasteiger charge is -2.23. The summed E-state index contributed by atoms with van der Waals surface area (Å²) in [5.41, 5.74) is 7.97. The Morgan fingerprint density at radius 2 is 2.29 bits per heavy atom. The summed E-state index contributed by atoms with van der Waals surface area (Å²) in [5.74, 6) is -0.223. The van der Waals surface area contributed by atoms with E-state index in [0.29, 0.717) is 0 Å². The molecule has 2 N–H and O–H groups in total. The molecule has 74 valence electrons. The largest absolute Gasteiger partial charge is 0.369 e. The van der Waals surface area contributed by atoms with E-state index in [1.54, 1.807) is 0 Å². The first kappa shape index (κ1) is 9.25. The van der Waals surface area contributed by atoms with E-state index in [2.05, 4.69) is 6.08 Å². The first-order chi connectivity index (χ1) is 6.79. The van der Waals surface area contributed by atoms with E-state index in [4.69, 9.17) is 5.73 Å². The zero-order chi connectivity index (χ0) is 9.97. The number of carbonyl (C=O) groups excluding carboxylic acids is 1. The van der Waals surface area contributed by atoms with Gasteiger partial charge < -0.3 is 5.73 Å². The van der Waals surface area contributed by atoms with Crippen LogP contribution in [-0.4, -0.2) is 5.91 Å². The predicted molar refractivity (Wildman–Crippen MR) is 56.5 cm³/mol. The Bertz CT molecular complexity index is 336. The number of hydrogen-bond donors (Lipinski definition) is 1. The van der Waals surface area contributed by atoms with Crippen molar-refractivity contribution in [2.45, 2.75) is 25.7 Å². The van der Waals surface area contributed by atoms with Gasteiger partial charge >= 0.3 is 0 Å². The van der Waals surface area contributed by atoms with Crippen molar-refractivity contribution in [3.05, 3.63) is 35.5 Å². The van der Waals surface area contributed by atoms with Gasteiger partial charge in [-0.3, -0.25) is 4.79 Å². The second kappa shape index (κ2) is 3.82. The van der Waals surface area contributed by atoms with Gasteiger partial charge in [-0.25, -0.2) is 0 Å². The lowest BCUT2D eigenvalue weighted by Crippen LogP contribution is -2.27. The summed E-state index contributed by atoms with van der Waals surface area (Å²) in [6.07, 6.45) is 12.3.